The molecule has 0 aromatic heterocycles. The number of nitrogens with one attached hydrogen (secondary N) is 2. The van der Waals surface area contributed by atoms with Gasteiger partial charge in [0.25, 0.3) is 5.91 Å². The molecule has 0 aliphatic rings. The van der Waals surface area contributed by atoms with E-state index in [1.54, 1.807) is 6.26 Å². The zero-order valence-electron chi connectivity index (χ0n) is 12.8. The van der Waals surface area contributed by atoms with Crippen LogP contribution < -0.4 is 21.1 Å². The highest BCUT2D eigenvalue weighted by atomic mass is 35.5. The van der Waals surface area contributed by atoms with E-state index in [9.17, 15) is 9.00 Å². The lowest BCUT2D eigenvalue weighted by Gasteiger charge is -2.13. The molecule has 6 nitrogen and oxygen atoms in total. The smallest absolute Gasteiger partial charge is 0.255 e. The van der Waals surface area contributed by atoms with E-state index in [0.717, 1.165) is 6.54 Å². The Bertz CT molecular complexity index is 540. The molecule has 0 aliphatic heterocycles. The molecular formula is C14H22ClN3O3S. The molecule has 1 unspecified atom stereocenters. The second kappa shape index (κ2) is 9.66. The first-order valence-corrected chi connectivity index (χ1v) is 9.07. The number of amides is 1. The van der Waals surface area contributed by atoms with Crippen molar-refractivity contribution in [1.82, 2.24) is 10.6 Å². The van der Waals surface area contributed by atoms with Gasteiger partial charge in [-0.3, -0.25) is 9.00 Å². The SMILES string of the molecule is CCNCCNC(=O)c1cc(Cl)c(N)cc1OCCS(C)=O. The molecule has 0 radical (unpaired) electrons. The first kappa shape index (κ1) is 18.7. The second-order valence-corrected chi connectivity index (χ2v) is 6.57. The molecule has 0 aliphatic carbocycles. The third-order valence-corrected chi connectivity index (χ3v) is 3.88. The number of halogens is 1. The molecule has 0 spiro atoms. The summed E-state index contributed by atoms with van der Waals surface area (Å²) in [6.07, 6.45) is 1.59. The molecule has 4 N–H and O–H groups in total. The third-order valence-electron chi connectivity index (χ3n) is 2.81. The normalized spacial score (nSPS) is 12.0. The monoisotopic (exact) mass is 347 g/mol. The summed E-state index contributed by atoms with van der Waals surface area (Å²) in [4.78, 5) is 12.2. The van der Waals surface area contributed by atoms with Gasteiger partial charge in [0.15, 0.2) is 0 Å². The fourth-order valence-corrected chi connectivity index (χ4v) is 2.15. The highest BCUT2D eigenvalue weighted by Gasteiger charge is 2.15. The van der Waals surface area contributed by atoms with Crippen LogP contribution in [0.15, 0.2) is 12.1 Å². The number of benzene rings is 1. The van der Waals surface area contributed by atoms with Gasteiger partial charge in [0.2, 0.25) is 0 Å². The number of anilines is 1. The summed E-state index contributed by atoms with van der Waals surface area (Å²) >= 11 is 5.98. The molecular weight excluding hydrogens is 326 g/mol. The van der Waals surface area contributed by atoms with Crippen LogP contribution in [0.25, 0.3) is 0 Å². The summed E-state index contributed by atoms with van der Waals surface area (Å²) in [7, 11) is -0.965. The van der Waals surface area contributed by atoms with Crippen molar-refractivity contribution in [3.05, 3.63) is 22.7 Å². The standard InChI is InChI=1S/C14H22ClN3O3S/c1-3-17-4-5-18-14(19)10-8-11(15)12(16)9-13(10)21-6-7-22(2)20/h8-9,17H,3-7,16H2,1-2H3,(H,18,19). The maximum absolute atomic E-state index is 12.2. The van der Waals surface area contributed by atoms with Crippen molar-refractivity contribution in [3.8, 4) is 5.75 Å². The molecule has 8 heteroatoms. The van der Waals surface area contributed by atoms with E-state index >= 15 is 0 Å². The van der Waals surface area contributed by atoms with Crippen molar-refractivity contribution >= 4 is 34.0 Å². The fraction of sp³-hybridized carbons (Fsp3) is 0.500. The van der Waals surface area contributed by atoms with Gasteiger partial charge in [0.05, 0.1) is 28.6 Å². The van der Waals surface area contributed by atoms with E-state index in [1.165, 1.54) is 12.1 Å². The van der Waals surface area contributed by atoms with Gasteiger partial charge in [-0.25, -0.2) is 0 Å². The lowest BCUT2D eigenvalue weighted by Crippen LogP contribution is -2.32. The van der Waals surface area contributed by atoms with Gasteiger partial charge in [-0.05, 0) is 12.6 Å². The minimum absolute atomic E-state index is 0.238. The first-order valence-electron chi connectivity index (χ1n) is 6.96. The van der Waals surface area contributed by atoms with Crippen molar-refractivity contribution in [2.45, 2.75) is 6.92 Å². The Morgan fingerprint density at radius 1 is 1.41 bits per heavy atom. The molecule has 0 heterocycles. The van der Waals surface area contributed by atoms with E-state index < -0.39 is 10.8 Å². The molecule has 22 heavy (non-hydrogen) atoms. The van der Waals surface area contributed by atoms with Crippen molar-refractivity contribution in [1.29, 1.82) is 0 Å². The van der Waals surface area contributed by atoms with Gasteiger partial charge in [-0.2, -0.15) is 0 Å². The molecule has 0 saturated carbocycles. The van der Waals surface area contributed by atoms with Gasteiger partial charge in [0, 0.05) is 36.2 Å². The van der Waals surface area contributed by atoms with Crippen LogP contribution in [0.3, 0.4) is 0 Å². The number of nitrogen functional groups attached to an aromatic ring is 1. The zero-order valence-corrected chi connectivity index (χ0v) is 14.4. The maximum Gasteiger partial charge on any atom is 0.255 e. The lowest BCUT2D eigenvalue weighted by atomic mass is 10.1. The third kappa shape index (κ3) is 6.21. The summed E-state index contributed by atoms with van der Waals surface area (Å²) in [5, 5.41) is 6.18. The molecule has 1 atom stereocenters. The number of likely N-dealkylation sites (N-methyl/N-ethyl adjacent to an activating group) is 1. The summed E-state index contributed by atoms with van der Waals surface area (Å²) in [5.74, 6) is 0.435. The maximum atomic E-state index is 12.2. The van der Waals surface area contributed by atoms with Crippen LogP contribution in [-0.4, -0.2) is 48.4 Å². The predicted molar refractivity (Wildman–Crippen MR) is 91.2 cm³/mol. The quantitative estimate of drug-likeness (QED) is 0.458. The molecule has 0 fully saturated rings. The number of rotatable bonds is 9. The largest absolute Gasteiger partial charge is 0.492 e. The van der Waals surface area contributed by atoms with E-state index in [4.69, 9.17) is 22.1 Å². The molecule has 1 amide bonds. The number of hydrogen-bond donors (Lipinski definition) is 3. The van der Waals surface area contributed by atoms with Crippen molar-refractivity contribution in [2.24, 2.45) is 0 Å². The van der Waals surface area contributed by atoms with E-state index in [-0.39, 0.29) is 12.5 Å². The zero-order chi connectivity index (χ0) is 16.5. The Morgan fingerprint density at radius 3 is 2.77 bits per heavy atom. The van der Waals surface area contributed by atoms with Crippen LogP contribution in [0.2, 0.25) is 5.02 Å². The second-order valence-electron chi connectivity index (χ2n) is 4.61. The molecule has 1 aromatic carbocycles. The minimum Gasteiger partial charge on any atom is -0.492 e. The fourth-order valence-electron chi connectivity index (χ4n) is 1.67. The van der Waals surface area contributed by atoms with Gasteiger partial charge in [-0.1, -0.05) is 18.5 Å². The van der Waals surface area contributed by atoms with Crippen molar-refractivity contribution in [3.63, 3.8) is 0 Å². The Kier molecular flexibility index (Phi) is 8.22. The van der Waals surface area contributed by atoms with Gasteiger partial charge in [0.1, 0.15) is 5.75 Å². The number of nitrogens with two attached hydrogens (primary N) is 1. The van der Waals surface area contributed by atoms with Crippen LogP contribution in [-0.2, 0) is 10.8 Å². The predicted octanol–water partition coefficient (Wildman–Crippen LogP) is 1.02. The Balaban J connectivity index is 2.79. The van der Waals surface area contributed by atoms with E-state index in [0.29, 0.717) is 40.9 Å². The van der Waals surface area contributed by atoms with Crippen LogP contribution >= 0.6 is 11.6 Å². The van der Waals surface area contributed by atoms with Gasteiger partial charge < -0.3 is 21.1 Å². The van der Waals surface area contributed by atoms with Gasteiger partial charge in [-0.15, -0.1) is 0 Å². The number of ether oxygens (including phenoxy) is 1. The van der Waals surface area contributed by atoms with Crippen LogP contribution in [0.5, 0.6) is 5.75 Å². The molecule has 124 valence electrons. The average Bonchev–Trinajstić information content (AvgIpc) is 2.46. The van der Waals surface area contributed by atoms with Gasteiger partial charge >= 0.3 is 0 Å². The first-order chi connectivity index (χ1) is 10.5. The van der Waals surface area contributed by atoms with Crippen LogP contribution in [0.4, 0.5) is 5.69 Å². The summed E-state index contributed by atoms with van der Waals surface area (Å²) in [5.41, 5.74) is 6.40. The lowest BCUT2D eigenvalue weighted by molar-refractivity contribution is 0.0950. The summed E-state index contributed by atoms with van der Waals surface area (Å²) in [6.45, 7) is 4.24. The van der Waals surface area contributed by atoms with Crippen molar-refractivity contribution in [2.75, 3.05) is 44.0 Å². The molecule has 0 bridgehead atoms. The molecule has 0 saturated heterocycles. The minimum atomic E-state index is -0.965. The highest BCUT2D eigenvalue weighted by Crippen LogP contribution is 2.29. The summed E-state index contributed by atoms with van der Waals surface area (Å²) < 4.78 is 16.6. The van der Waals surface area contributed by atoms with Crippen LogP contribution in [0, 0.1) is 0 Å². The Hall–Kier alpha value is -1.31. The van der Waals surface area contributed by atoms with Crippen LogP contribution in [0.1, 0.15) is 17.3 Å². The molecule has 1 aromatic rings. The number of hydrogen-bond acceptors (Lipinski definition) is 5. The Labute approximate surface area is 138 Å². The van der Waals surface area contributed by atoms with E-state index in [2.05, 4.69) is 10.6 Å². The molecule has 1 rings (SSSR count). The Morgan fingerprint density at radius 2 is 2.14 bits per heavy atom. The average molecular weight is 348 g/mol. The van der Waals surface area contributed by atoms with E-state index in [1.807, 2.05) is 6.92 Å². The van der Waals surface area contributed by atoms with Crippen molar-refractivity contribution < 1.29 is 13.7 Å². The number of carbonyl (C=O) groups excluding carboxylic acids is 1. The highest BCUT2D eigenvalue weighted by molar-refractivity contribution is 7.84. The summed E-state index contributed by atoms with van der Waals surface area (Å²) in [6, 6.07) is 3.00. The topological polar surface area (TPSA) is 93.4 Å². The number of carbonyl (C=O) groups is 1.